The molecule has 0 saturated carbocycles. The third-order valence-electron chi connectivity index (χ3n) is 3.37. The molecule has 0 aliphatic carbocycles. The van der Waals surface area contributed by atoms with Gasteiger partial charge in [-0.2, -0.15) is 0 Å². The minimum Gasteiger partial charge on any atom is -0.490 e. The van der Waals surface area contributed by atoms with Gasteiger partial charge >= 0.3 is 0 Å². The zero-order chi connectivity index (χ0) is 17.4. The second kappa shape index (κ2) is 9.11. The van der Waals surface area contributed by atoms with E-state index in [2.05, 4.69) is 11.9 Å². The number of carbonyl (C=O) groups is 1. The highest BCUT2D eigenvalue weighted by atomic mass is 35.5. The maximum Gasteiger partial charge on any atom is 0.279 e. The van der Waals surface area contributed by atoms with Gasteiger partial charge in [-0.1, -0.05) is 30.3 Å². The first-order chi connectivity index (χ1) is 11.6. The van der Waals surface area contributed by atoms with Crippen molar-refractivity contribution in [2.75, 3.05) is 25.5 Å². The molecule has 2 rings (SSSR count). The Morgan fingerprint density at radius 1 is 1.29 bits per heavy atom. The van der Waals surface area contributed by atoms with E-state index in [1.54, 1.807) is 18.2 Å². The number of hydrogen-bond acceptors (Lipinski definition) is 2. The van der Waals surface area contributed by atoms with Crippen molar-refractivity contribution in [2.24, 2.45) is 0 Å². The fourth-order valence-corrected chi connectivity index (χ4v) is 2.51. The zero-order valence-electron chi connectivity index (χ0n) is 13.7. The molecule has 0 fully saturated rings. The van der Waals surface area contributed by atoms with Gasteiger partial charge in [0.25, 0.3) is 5.91 Å². The molecule has 1 unspecified atom stereocenters. The van der Waals surface area contributed by atoms with Crippen LogP contribution in [0.5, 0.6) is 5.75 Å². The zero-order valence-corrected chi connectivity index (χ0v) is 14.5. The molecule has 24 heavy (non-hydrogen) atoms. The van der Waals surface area contributed by atoms with Crippen LogP contribution in [0.15, 0.2) is 61.2 Å². The molecule has 0 saturated heterocycles. The Balaban J connectivity index is 1.82. The van der Waals surface area contributed by atoms with Gasteiger partial charge in [-0.25, -0.2) is 0 Å². The molecule has 4 nitrogen and oxygen atoms in total. The molecule has 0 aromatic heterocycles. The number of anilines is 1. The maximum atomic E-state index is 12.1. The number of hydrogen-bond donors (Lipinski definition) is 2. The number of nitrogens with one attached hydrogen (secondary N) is 2. The van der Waals surface area contributed by atoms with E-state index in [4.69, 9.17) is 16.3 Å². The van der Waals surface area contributed by atoms with Crippen LogP contribution in [0.3, 0.4) is 0 Å². The van der Waals surface area contributed by atoms with Crippen molar-refractivity contribution in [1.82, 2.24) is 0 Å². The summed E-state index contributed by atoms with van der Waals surface area (Å²) in [7, 11) is 1.99. The SMILES string of the molecule is C=CCOc1ccc(C[NH+](C)CC(=O)Nc2cccc(Cl)c2)cc1. The number of amides is 1. The summed E-state index contributed by atoms with van der Waals surface area (Å²) in [4.78, 5) is 13.2. The number of rotatable bonds is 8. The molecule has 2 aromatic carbocycles. The maximum absolute atomic E-state index is 12.1. The monoisotopic (exact) mass is 345 g/mol. The Morgan fingerprint density at radius 2 is 2.04 bits per heavy atom. The Labute approximate surface area is 147 Å². The van der Waals surface area contributed by atoms with Crippen LogP contribution in [0.25, 0.3) is 0 Å². The highest BCUT2D eigenvalue weighted by molar-refractivity contribution is 6.30. The lowest BCUT2D eigenvalue weighted by atomic mass is 10.2. The number of quaternary nitrogens is 1. The van der Waals surface area contributed by atoms with Crippen LogP contribution in [0.4, 0.5) is 5.69 Å². The number of carbonyl (C=O) groups excluding carboxylic acids is 1. The van der Waals surface area contributed by atoms with E-state index >= 15 is 0 Å². The van der Waals surface area contributed by atoms with Gasteiger partial charge in [0.1, 0.15) is 18.9 Å². The van der Waals surface area contributed by atoms with Crippen molar-refractivity contribution in [2.45, 2.75) is 6.54 Å². The fourth-order valence-electron chi connectivity index (χ4n) is 2.32. The molecule has 0 aliphatic heterocycles. The Morgan fingerprint density at radius 3 is 2.71 bits per heavy atom. The molecule has 1 atom stereocenters. The normalized spacial score (nSPS) is 11.6. The van der Waals surface area contributed by atoms with Crippen LogP contribution in [0, 0.1) is 0 Å². The van der Waals surface area contributed by atoms with Crippen LogP contribution in [0.1, 0.15) is 5.56 Å². The van der Waals surface area contributed by atoms with Crippen LogP contribution in [-0.4, -0.2) is 26.1 Å². The highest BCUT2D eigenvalue weighted by Gasteiger charge is 2.11. The predicted octanol–water partition coefficient (Wildman–Crippen LogP) is 2.56. The molecular weight excluding hydrogens is 324 g/mol. The van der Waals surface area contributed by atoms with E-state index in [-0.39, 0.29) is 5.91 Å². The molecule has 2 aromatic rings. The largest absolute Gasteiger partial charge is 0.490 e. The van der Waals surface area contributed by atoms with Gasteiger partial charge in [-0.05, 0) is 42.5 Å². The molecule has 5 heteroatoms. The summed E-state index contributed by atoms with van der Waals surface area (Å²) in [5, 5.41) is 3.46. The van der Waals surface area contributed by atoms with E-state index in [9.17, 15) is 4.79 Å². The van der Waals surface area contributed by atoms with Crippen LogP contribution in [-0.2, 0) is 11.3 Å². The predicted molar refractivity (Wildman–Crippen MR) is 97.7 cm³/mol. The Kier molecular flexibility index (Phi) is 6.85. The van der Waals surface area contributed by atoms with E-state index in [1.807, 2.05) is 43.4 Å². The van der Waals surface area contributed by atoms with Gasteiger partial charge in [-0.15, -0.1) is 0 Å². The minimum absolute atomic E-state index is 0.0410. The minimum atomic E-state index is -0.0410. The molecule has 0 heterocycles. The van der Waals surface area contributed by atoms with Crippen molar-refractivity contribution < 1.29 is 14.4 Å². The lowest BCUT2D eigenvalue weighted by molar-refractivity contribution is -0.885. The molecule has 1 amide bonds. The fraction of sp³-hybridized carbons (Fsp3) is 0.211. The van der Waals surface area contributed by atoms with Crippen molar-refractivity contribution in [3.8, 4) is 5.75 Å². The molecular formula is C19H22ClN2O2+. The quantitative estimate of drug-likeness (QED) is 0.722. The molecule has 126 valence electrons. The molecule has 2 N–H and O–H groups in total. The topological polar surface area (TPSA) is 42.8 Å². The Bertz CT molecular complexity index is 686. The number of halogens is 1. The van der Waals surface area contributed by atoms with Gasteiger partial charge in [0.2, 0.25) is 0 Å². The average molecular weight is 346 g/mol. The van der Waals surface area contributed by atoms with Crippen LogP contribution < -0.4 is 15.0 Å². The van der Waals surface area contributed by atoms with Crippen LogP contribution in [0.2, 0.25) is 5.02 Å². The van der Waals surface area contributed by atoms with Gasteiger partial charge in [0.05, 0.1) is 7.05 Å². The number of ether oxygens (including phenoxy) is 1. The molecule has 0 bridgehead atoms. The smallest absolute Gasteiger partial charge is 0.279 e. The summed E-state index contributed by atoms with van der Waals surface area (Å²) in [6.07, 6.45) is 1.71. The first-order valence-corrected chi connectivity index (χ1v) is 8.14. The van der Waals surface area contributed by atoms with Crippen molar-refractivity contribution in [3.63, 3.8) is 0 Å². The molecule has 0 radical (unpaired) electrons. The van der Waals surface area contributed by atoms with Crippen LogP contribution >= 0.6 is 11.6 Å². The standard InChI is InChI=1S/C19H21ClN2O2/c1-3-11-24-18-9-7-15(8-10-18)13-22(2)14-19(23)21-17-6-4-5-16(20)12-17/h3-10,12H,1,11,13-14H2,2H3,(H,21,23)/p+1. The summed E-state index contributed by atoms with van der Waals surface area (Å²) in [6, 6.07) is 15.0. The van der Waals surface area contributed by atoms with Gasteiger partial charge in [0.15, 0.2) is 6.54 Å². The summed E-state index contributed by atoms with van der Waals surface area (Å²) in [6.45, 7) is 5.25. The summed E-state index contributed by atoms with van der Waals surface area (Å²) < 4.78 is 5.46. The van der Waals surface area contributed by atoms with Crippen molar-refractivity contribution >= 4 is 23.2 Å². The van der Waals surface area contributed by atoms with E-state index in [0.29, 0.717) is 23.9 Å². The van der Waals surface area contributed by atoms with E-state index in [0.717, 1.165) is 22.8 Å². The van der Waals surface area contributed by atoms with E-state index < -0.39 is 0 Å². The average Bonchev–Trinajstić information content (AvgIpc) is 2.54. The van der Waals surface area contributed by atoms with E-state index in [1.165, 1.54) is 0 Å². The summed E-state index contributed by atoms with van der Waals surface area (Å²) in [5.41, 5.74) is 1.86. The van der Waals surface area contributed by atoms with Gasteiger partial charge in [-0.3, -0.25) is 4.79 Å². The Hall–Kier alpha value is -2.30. The van der Waals surface area contributed by atoms with Gasteiger partial charge < -0.3 is 15.0 Å². The van der Waals surface area contributed by atoms with Crippen molar-refractivity contribution in [1.29, 1.82) is 0 Å². The first-order valence-electron chi connectivity index (χ1n) is 7.76. The third-order valence-corrected chi connectivity index (χ3v) is 3.60. The van der Waals surface area contributed by atoms with Gasteiger partial charge in [0, 0.05) is 16.3 Å². The lowest BCUT2D eigenvalue weighted by Crippen LogP contribution is -3.08. The highest BCUT2D eigenvalue weighted by Crippen LogP contribution is 2.14. The third kappa shape index (κ3) is 6.07. The first kappa shape index (κ1) is 18.0. The number of benzene rings is 2. The van der Waals surface area contributed by atoms with Crippen molar-refractivity contribution in [3.05, 3.63) is 71.8 Å². The number of likely N-dealkylation sites (N-methyl/N-ethyl adjacent to an activating group) is 1. The lowest BCUT2D eigenvalue weighted by Gasteiger charge is -2.14. The molecule has 0 spiro atoms. The summed E-state index contributed by atoms with van der Waals surface area (Å²) in [5.74, 6) is 0.774. The second-order valence-electron chi connectivity index (χ2n) is 5.61. The molecule has 0 aliphatic rings. The summed E-state index contributed by atoms with van der Waals surface area (Å²) >= 11 is 5.91. The second-order valence-corrected chi connectivity index (χ2v) is 6.05.